The number of piperazine rings is 1. The van der Waals surface area contributed by atoms with E-state index in [4.69, 9.17) is 14.5 Å². The van der Waals surface area contributed by atoms with E-state index >= 15 is 0 Å². The van der Waals surface area contributed by atoms with Gasteiger partial charge in [-0.05, 0) is 64.6 Å². The minimum Gasteiger partial charge on any atom is -0.448 e. The number of imidazole rings is 1. The highest BCUT2D eigenvalue weighted by atomic mass is 79.9. The van der Waals surface area contributed by atoms with Gasteiger partial charge in [0, 0.05) is 36.0 Å². The van der Waals surface area contributed by atoms with Crippen LogP contribution < -0.4 is 4.90 Å². The number of benzene rings is 2. The molecule has 0 spiro atoms. The predicted molar refractivity (Wildman–Crippen MR) is 159 cm³/mol. The molecule has 40 heavy (non-hydrogen) atoms. The highest BCUT2D eigenvalue weighted by Crippen LogP contribution is 2.35. The van der Waals surface area contributed by atoms with Crippen molar-refractivity contribution in [3.63, 3.8) is 0 Å². The summed E-state index contributed by atoms with van der Waals surface area (Å²) in [6, 6.07) is 11.4. The van der Waals surface area contributed by atoms with Crippen LogP contribution in [0.4, 0.5) is 15.3 Å². The first-order chi connectivity index (χ1) is 19.1. The molecule has 0 radical (unpaired) electrons. The molecular formula is C29H35BrN6O4. The van der Waals surface area contributed by atoms with E-state index in [9.17, 15) is 9.59 Å². The standard InChI is InChI=1S/C29H35BrN6O4/c1-6-7-17-39-28(38)36-23-18-19(30)11-12-20(23)24(32-36)26-31-25-21(34-15-13-33(5)14-16-34)9-8-10-22(25)35(26)27(37)40-29(2,3)4/h8-12,18H,6-7,13-17H2,1-5H3. The maximum absolute atomic E-state index is 13.7. The first-order valence-electron chi connectivity index (χ1n) is 13.6. The molecule has 0 bridgehead atoms. The molecule has 0 unspecified atom stereocenters. The lowest BCUT2D eigenvalue weighted by Crippen LogP contribution is -2.44. The summed E-state index contributed by atoms with van der Waals surface area (Å²) >= 11 is 3.50. The van der Waals surface area contributed by atoms with Crippen molar-refractivity contribution in [1.82, 2.24) is 24.2 Å². The fraction of sp³-hybridized carbons (Fsp3) is 0.448. The van der Waals surface area contributed by atoms with Crippen LogP contribution in [0.25, 0.3) is 33.5 Å². The first kappa shape index (κ1) is 28.1. The number of rotatable bonds is 5. The van der Waals surface area contributed by atoms with Crippen molar-refractivity contribution in [2.75, 3.05) is 44.7 Å². The predicted octanol–water partition coefficient (Wildman–Crippen LogP) is 6.14. The second-order valence-electron chi connectivity index (χ2n) is 11.1. The van der Waals surface area contributed by atoms with Crippen molar-refractivity contribution < 1.29 is 19.1 Å². The number of hydrogen-bond donors (Lipinski definition) is 0. The number of ether oxygens (including phenoxy) is 2. The van der Waals surface area contributed by atoms with E-state index in [2.05, 4.69) is 37.9 Å². The van der Waals surface area contributed by atoms with Crippen LogP contribution in [0.3, 0.4) is 0 Å². The number of halogens is 1. The van der Waals surface area contributed by atoms with Gasteiger partial charge in [0.1, 0.15) is 16.8 Å². The number of carbonyl (C=O) groups excluding carboxylic acids is 2. The van der Waals surface area contributed by atoms with E-state index in [1.807, 2.05) is 64.1 Å². The summed E-state index contributed by atoms with van der Waals surface area (Å²) in [6.07, 6.45) is 0.511. The lowest BCUT2D eigenvalue weighted by Gasteiger charge is -2.34. The van der Waals surface area contributed by atoms with Crippen LogP contribution in [0.1, 0.15) is 40.5 Å². The minimum absolute atomic E-state index is 0.296. The van der Waals surface area contributed by atoms with Crippen LogP contribution >= 0.6 is 15.9 Å². The maximum Gasteiger partial charge on any atom is 0.435 e. The molecule has 11 heteroatoms. The van der Waals surface area contributed by atoms with Gasteiger partial charge >= 0.3 is 12.2 Å². The summed E-state index contributed by atoms with van der Waals surface area (Å²) in [6.45, 7) is 11.4. The molecule has 2 aromatic carbocycles. The van der Waals surface area contributed by atoms with E-state index in [1.54, 1.807) is 0 Å². The third-order valence-corrected chi connectivity index (χ3v) is 7.33. The van der Waals surface area contributed by atoms with Gasteiger partial charge in [-0.2, -0.15) is 9.78 Å². The second-order valence-corrected chi connectivity index (χ2v) is 12.0. The summed E-state index contributed by atoms with van der Waals surface area (Å²) in [5, 5.41) is 5.34. The van der Waals surface area contributed by atoms with Gasteiger partial charge in [-0.1, -0.05) is 35.3 Å². The Morgan fingerprint density at radius 2 is 1.77 bits per heavy atom. The molecule has 4 aromatic rings. The van der Waals surface area contributed by atoms with Crippen molar-refractivity contribution in [3.8, 4) is 11.5 Å². The fourth-order valence-corrected chi connectivity index (χ4v) is 5.14. The van der Waals surface area contributed by atoms with Crippen molar-refractivity contribution >= 4 is 55.7 Å². The molecule has 1 fully saturated rings. The summed E-state index contributed by atoms with van der Waals surface area (Å²) in [5.74, 6) is 0.304. The number of unbranched alkanes of at least 4 members (excludes halogenated alkanes) is 1. The summed E-state index contributed by atoms with van der Waals surface area (Å²) in [5.41, 5.74) is 2.45. The molecule has 0 atom stereocenters. The average Bonchev–Trinajstić information content (AvgIpc) is 3.46. The Hall–Kier alpha value is -3.44. The summed E-state index contributed by atoms with van der Waals surface area (Å²) < 4.78 is 14.8. The number of likely N-dealkylation sites (N-methyl/N-ethyl adjacent to an activating group) is 1. The quantitative estimate of drug-likeness (QED) is 0.249. The topological polar surface area (TPSA) is 94.7 Å². The lowest BCUT2D eigenvalue weighted by atomic mass is 10.2. The molecular weight excluding hydrogens is 576 g/mol. The van der Waals surface area contributed by atoms with Gasteiger partial charge < -0.3 is 19.3 Å². The van der Waals surface area contributed by atoms with Crippen LogP contribution in [-0.4, -0.2) is 81.9 Å². The highest BCUT2D eigenvalue weighted by molar-refractivity contribution is 9.10. The molecule has 1 saturated heterocycles. The third-order valence-electron chi connectivity index (χ3n) is 6.84. The molecule has 3 heterocycles. The Kier molecular flexibility index (Phi) is 7.87. The summed E-state index contributed by atoms with van der Waals surface area (Å²) in [7, 11) is 2.11. The van der Waals surface area contributed by atoms with Gasteiger partial charge in [-0.25, -0.2) is 19.1 Å². The molecule has 2 aromatic heterocycles. The number of para-hydroxylation sites is 1. The number of fused-ring (bicyclic) bond motifs is 2. The number of hydrogen-bond acceptors (Lipinski definition) is 8. The normalized spacial score (nSPS) is 14.7. The molecule has 0 N–H and O–H groups in total. The molecule has 5 rings (SSSR count). The van der Waals surface area contributed by atoms with Gasteiger partial charge in [0.2, 0.25) is 0 Å². The SMILES string of the molecule is CCCCOC(=O)n1nc(-c2nc3c(N4CCN(C)CC4)cccc3n2C(=O)OC(C)(C)C)c2ccc(Br)cc21. The van der Waals surface area contributed by atoms with Gasteiger partial charge in [0.15, 0.2) is 5.82 Å². The fourth-order valence-electron chi connectivity index (χ4n) is 4.80. The molecule has 212 valence electrons. The Morgan fingerprint density at radius 3 is 2.48 bits per heavy atom. The monoisotopic (exact) mass is 610 g/mol. The second kappa shape index (κ2) is 11.2. The van der Waals surface area contributed by atoms with Crippen molar-refractivity contribution in [3.05, 3.63) is 40.9 Å². The van der Waals surface area contributed by atoms with Gasteiger partial charge in [0.05, 0.1) is 23.3 Å². The molecule has 10 nitrogen and oxygen atoms in total. The minimum atomic E-state index is -0.727. The van der Waals surface area contributed by atoms with Gasteiger partial charge in [-0.15, -0.1) is 0 Å². The third kappa shape index (κ3) is 5.57. The van der Waals surface area contributed by atoms with E-state index < -0.39 is 17.8 Å². The average molecular weight is 612 g/mol. The van der Waals surface area contributed by atoms with Crippen LogP contribution in [0, 0.1) is 0 Å². The zero-order chi connectivity index (χ0) is 28.6. The van der Waals surface area contributed by atoms with Crippen LogP contribution in [0.5, 0.6) is 0 Å². The molecule has 0 saturated carbocycles. The molecule has 0 aliphatic carbocycles. The van der Waals surface area contributed by atoms with Crippen LogP contribution in [0.2, 0.25) is 0 Å². The Bertz CT molecular complexity index is 1560. The number of carbonyl (C=O) groups is 2. The highest BCUT2D eigenvalue weighted by Gasteiger charge is 2.30. The number of nitrogens with zero attached hydrogens (tertiary/aromatic N) is 6. The van der Waals surface area contributed by atoms with Gasteiger partial charge in [0.25, 0.3) is 0 Å². The van der Waals surface area contributed by atoms with E-state index in [-0.39, 0.29) is 0 Å². The number of anilines is 1. The zero-order valence-corrected chi connectivity index (χ0v) is 25.2. The van der Waals surface area contributed by atoms with E-state index in [0.717, 1.165) is 49.2 Å². The van der Waals surface area contributed by atoms with Crippen LogP contribution in [-0.2, 0) is 9.47 Å². The van der Waals surface area contributed by atoms with Crippen LogP contribution in [0.15, 0.2) is 40.9 Å². The van der Waals surface area contributed by atoms with Crippen molar-refractivity contribution in [2.45, 2.75) is 46.1 Å². The maximum atomic E-state index is 13.7. The van der Waals surface area contributed by atoms with E-state index in [0.29, 0.717) is 40.1 Å². The zero-order valence-electron chi connectivity index (χ0n) is 23.6. The lowest BCUT2D eigenvalue weighted by molar-refractivity contribution is 0.0546. The van der Waals surface area contributed by atoms with Gasteiger partial charge in [-0.3, -0.25) is 0 Å². The molecule has 1 aliphatic heterocycles. The smallest absolute Gasteiger partial charge is 0.435 e. The largest absolute Gasteiger partial charge is 0.448 e. The Labute approximate surface area is 242 Å². The van der Waals surface area contributed by atoms with Crippen molar-refractivity contribution in [1.29, 1.82) is 0 Å². The van der Waals surface area contributed by atoms with Crippen molar-refractivity contribution in [2.24, 2.45) is 0 Å². The molecule has 1 aliphatic rings. The first-order valence-corrected chi connectivity index (χ1v) is 14.4. The van der Waals surface area contributed by atoms with E-state index in [1.165, 1.54) is 9.25 Å². The Morgan fingerprint density at radius 1 is 1.02 bits per heavy atom. The molecule has 0 amide bonds. The summed E-state index contributed by atoms with van der Waals surface area (Å²) in [4.78, 5) is 36.4. The number of aromatic nitrogens is 4. The Balaban J connectivity index is 1.72.